The number of nitrogens with one attached hydrogen (secondary N) is 1. The summed E-state index contributed by atoms with van der Waals surface area (Å²) in [6.45, 7) is 3.23. The molecule has 1 aliphatic carbocycles. The quantitative estimate of drug-likeness (QED) is 0.417. The lowest BCUT2D eigenvalue weighted by molar-refractivity contribution is -0.138. The van der Waals surface area contributed by atoms with Crippen molar-refractivity contribution in [2.24, 2.45) is 0 Å². The third-order valence-electron chi connectivity index (χ3n) is 5.66. The minimum Gasteiger partial charge on any atom is -0.484 e. The Morgan fingerprint density at radius 3 is 2.61 bits per heavy atom. The van der Waals surface area contributed by atoms with Gasteiger partial charge in [-0.1, -0.05) is 23.7 Å². The molecule has 0 bridgehead atoms. The van der Waals surface area contributed by atoms with E-state index in [9.17, 15) is 22.4 Å². The molecule has 2 aromatic heterocycles. The average Bonchev–Trinajstić information content (AvgIpc) is 3.27. The summed E-state index contributed by atoms with van der Waals surface area (Å²) in [7, 11) is 0. The molecule has 1 aromatic carbocycles. The summed E-state index contributed by atoms with van der Waals surface area (Å²) in [4.78, 5) is 20.2. The maximum absolute atomic E-state index is 13.5. The predicted octanol–water partition coefficient (Wildman–Crippen LogP) is 4.86. The first-order valence-electron chi connectivity index (χ1n) is 10.7. The second-order valence-corrected chi connectivity index (χ2v) is 9.51. The molecule has 0 atom stereocenters. The van der Waals surface area contributed by atoms with E-state index in [1.54, 1.807) is 0 Å². The fourth-order valence-corrected chi connectivity index (χ4v) is 4.47. The maximum atomic E-state index is 13.5. The lowest BCUT2D eigenvalue weighted by Gasteiger charge is -2.51. The van der Waals surface area contributed by atoms with Gasteiger partial charge in [-0.2, -0.15) is 18.2 Å². The van der Waals surface area contributed by atoms with Gasteiger partial charge in [0.1, 0.15) is 17.3 Å². The molecule has 13 heteroatoms. The monoisotopic (exact) mass is 528 g/mol. The number of amides is 1. The molecule has 8 nitrogen and oxygen atoms in total. The Hall–Kier alpha value is -3.41. The third-order valence-corrected chi connectivity index (χ3v) is 5.96. The van der Waals surface area contributed by atoms with E-state index in [4.69, 9.17) is 25.6 Å². The fraction of sp³-hybridized carbons (Fsp3) is 0.391. The molecule has 3 aromatic rings. The molecule has 1 saturated carbocycles. The standard InChI is InChI=1S/C23H21ClF4N4O4/c1-21(11-22(2,12-21)31-19(33)10-35-14-3-4-16(24)17(25)6-14)20-30-18(32-36-20)9-34-15-5-13(7-29-8-15)23(26,27)28/h3-8H,9-12H2,1-2H3,(H,31,33). The van der Waals surface area contributed by atoms with Crippen LogP contribution in [0, 0.1) is 5.82 Å². The lowest BCUT2D eigenvalue weighted by Crippen LogP contribution is -2.61. The fourth-order valence-electron chi connectivity index (χ4n) is 4.36. The second kappa shape index (κ2) is 9.57. The van der Waals surface area contributed by atoms with Gasteiger partial charge in [0.05, 0.1) is 22.2 Å². The predicted molar refractivity (Wildman–Crippen MR) is 118 cm³/mol. The molecular weight excluding hydrogens is 508 g/mol. The van der Waals surface area contributed by atoms with Gasteiger partial charge in [0.15, 0.2) is 13.2 Å². The summed E-state index contributed by atoms with van der Waals surface area (Å²) in [6, 6.07) is 4.73. The van der Waals surface area contributed by atoms with E-state index in [0.717, 1.165) is 18.3 Å². The van der Waals surface area contributed by atoms with Gasteiger partial charge in [-0.25, -0.2) is 4.39 Å². The number of benzene rings is 1. The first kappa shape index (κ1) is 25.7. The number of rotatable bonds is 8. The molecule has 0 aliphatic heterocycles. The van der Waals surface area contributed by atoms with E-state index < -0.39 is 28.5 Å². The number of carbonyl (C=O) groups excluding carboxylic acids is 1. The Morgan fingerprint density at radius 2 is 1.92 bits per heavy atom. The molecule has 192 valence electrons. The second-order valence-electron chi connectivity index (χ2n) is 9.10. The van der Waals surface area contributed by atoms with Gasteiger partial charge in [0, 0.05) is 17.8 Å². The van der Waals surface area contributed by atoms with Crippen molar-refractivity contribution >= 4 is 17.5 Å². The van der Waals surface area contributed by atoms with Crippen LogP contribution in [0.5, 0.6) is 11.5 Å². The van der Waals surface area contributed by atoms with Crippen LogP contribution in [0.2, 0.25) is 5.02 Å². The van der Waals surface area contributed by atoms with Crippen molar-refractivity contribution in [3.05, 3.63) is 64.8 Å². The van der Waals surface area contributed by atoms with Crippen LogP contribution in [-0.2, 0) is 23.0 Å². The van der Waals surface area contributed by atoms with Crippen molar-refractivity contribution in [2.45, 2.75) is 50.4 Å². The number of pyridine rings is 1. The van der Waals surface area contributed by atoms with E-state index in [1.165, 1.54) is 12.1 Å². The molecule has 0 saturated heterocycles. The topological polar surface area (TPSA) is 99.4 Å². The number of hydrogen-bond donors (Lipinski definition) is 1. The SMILES string of the molecule is CC1(NC(=O)COc2ccc(Cl)c(F)c2)CC(C)(c2nc(COc3cncc(C(F)(F)F)c3)no2)C1. The molecule has 0 spiro atoms. The summed E-state index contributed by atoms with van der Waals surface area (Å²) >= 11 is 5.63. The minimum atomic E-state index is -4.54. The molecule has 4 rings (SSSR count). The number of nitrogens with zero attached hydrogens (tertiary/aromatic N) is 3. The van der Waals surface area contributed by atoms with Gasteiger partial charge in [0.2, 0.25) is 11.7 Å². The number of hydrogen-bond acceptors (Lipinski definition) is 7. The van der Waals surface area contributed by atoms with E-state index in [1.807, 2.05) is 13.8 Å². The maximum Gasteiger partial charge on any atom is 0.418 e. The smallest absolute Gasteiger partial charge is 0.418 e. The molecule has 1 amide bonds. The third kappa shape index (κ3) is 5.86. The van der Waals surface area contributed by atoms with Crippen molar-refractivity contribution in [3.8, 4) is 11.5 Å². The van der Waals surface area contributed by atoms with Crippen molar-refractivity contribution in [2.75, 3.05) is 6.61 Å². The highest BCUT2D eigenvalue weighted by Gasteiger charge is 2.53. The van der Waals surface area contributed by atoms with Crippen molar-refractivity contribution in [1.29, 1.82) is 0 Å². The minimum absolute atomic E-state index is 0.0449. The zero-order chi connectivity index (χ0) is 26.1. The van der Waals surface area contributed by atoms with E-state index in [0.29, 0.717) is 24.9 Å². The Kier molecular flexibility index (Phi) is 6.82. The molecule has 1 N–H and O–H groups in total. The molecule has 1 aliphatic rings. The van der Waals surface area contributed by atoms with Crippen LogP contribution in [0.3, 0.4) is 0 Å². The summed E-state index contributed by atoms with van der Waals surface area (Å²) in [5.41, 5.74) is -2.01. The van der Waals surface area contributed by atoms with Gasteiger partial charge in [-0.05, 0) is 38.0 Å². The molecule has 2 heterocycles. The number of carbonyl (C=O) groups is 1. The molecular formula is C23H21ClF4N4O4. The number of aromatic nitrogens is 3. The zero-order valence-electron chi connectivity index (χ0n) is 19.2. The number of alkyl halides is 3. The van der Waals surface area contributed by atoms with Gasteiger partial charge >= 0.3 is 6.18 Å². The molecule has 0 radical (unpaired) electrons. The first-order chi connectivity index (χ1) is 16.9. The Balaban J connectivity index is 1.28. The van der Waals surface area contributed by atoms with Gasteiger partial charge in [-0.3, -0.25) is 9.78 Å². The average molecular weight is 529 g/mol. The normalized spacial score (nSPS) is 21.5. The van der Waals surface area contributed by atoms with Crippen molar-refractivity contribution < 1.29 is 36.4 Å². The van der Waals surface area contributed by atoms with Crippen LogP contribution in [0.25, 0.3) is 0 Å². The van der Waals surface area contributed by atoms with Crippen LogP contribution in [-0.4, -0.2) is 33.2 Å². The highest BCUT2D eigenvalue weighted by atomic mass is 35.5. The van der Waals surface area contributed by atoms with Crippen molar-refractivity contribution in [1.82, 2.24) is 20.4 Å². The first-order valence-corrected chi connectivity index (χ1v) is 11.1. The summed E-state index contributed by atoms with van der Waals surface area (Å²) in [5, 5.41) is 6.68. The lowest BCUT2D eigenvalue weighted by atomic mass is 9.59. The zero-order valence-corrected chi connectivity index (χ0v) is 19.9. The highest BCUT2D eigenvalue weighted by Crippen LogP contribution is 2.49. The van der Waals surface area contributed by atoms with Gasteiger partial charge < -0.3 is 19.3 Å². The van der Waals surface area contributed by atoms with E-state index in [-0.39, 0.29) is 41.5 Å². The Bertz CT molecular complexity index is 1260. The Morgan fingerprint density at radius 1 is 1.17 bits per heavy atom. The van der Waals surface area contributed by atoms with Crippen LogP contribution >= 0.6 is 11.6 Å². The van der Waals surface area contributed by atoms with Crippen LogP contribution < -0.4 is 14.8 Å². The van der Waals surface area contributed by atoms with Crippen molar-refractivity contribution in [3.63, 3.8) is 0 Å². The van der Waals surface area contributed by atoms with Gasteiger partial charge in [-0.15, -0.1) is 0 Å². The van der Waals surface area contributed by atoms with E-state index >= 15 is 0 Å². The van der Waals surface area contributed by atoms with Crippen LogP contribution in [0.1, 0.15) is 44.0 Å². The molecule has 0 unspecified atom stereocenters. The summed E-state index contributed by atoms with van der Waals surface area (Å²) < 4.78 is 67.9. The molecule has 36 heavy (non-hydrogen) atoms. The van der Waals surface area contributed by atoms with Crippen LogP contribution in [0.15, 0.2) is 41.2 Å². The summed E-state index contributed by atoms with van der Waals surface area (Å²) in [6.07, 6.45) is -1.70. The summed E-state index contributed by atoms with van der Waals surface area (Å²) in [5.74, 6) is -0.453. The largest absolute Gasteiger partial charge is 0.484 e. The van der Waals surface area contributed by atoms with Crippen LogP contribution in [0.4, 0.5) is 17.6 Å². The van der Waals surface area contributed by atoms with Gasteiger partial charge in [0.25, 0.3) is 5.91 Å². The highest BCUT2D eigenvalue weighted by molar-refractivity contribution is 6.30. The molecule has 1 fully saturated rings. The van der Waals surface area contributed by atoms with E-state index in [2.05, 4.69) is 20.4 Å². The number of halogens is 5. The Labute approximate surface area is 207 Å². The number of ether oxygens (including phenoxy) is 2.